The van der Waals surface area contributed by atoms with Gasteiger partial charge in [0.25, 0.3) is 0 Å². The molecule has 4 heteroatoms. The molecule has 0 radical (unpaired) electrons. The Labute approximate surface area is 107 Å². The molecule has 0 amide bonds. The summed E-state index contributed by atoms with van der Waals surface area (Å²) in [6.07, 6.45) is 2.70. The van der Waals surface area contributed by atoms with Gasteiger partial charge in [-0.15, -0.1) is 11.3 Å². The number of hydrogen-bond acceptors (Lipinski definition) is 3. The minimum Gasteiger partial charge on any atom is -0.396 e. The van der Waals surface area contributed by atoms with Crippen LogP contribution in [0.3, 0.4) is 0 Å². The number of aliphatic hydroxyl groups is 1. The molecule has 0 saturated carbocycles. The Kier molecular flexibility index (Phi) is 4.09. The molecule has 2 nitrogen and oxygen atoms in total. The van der Waals surface area contributed by atoms with Crippen molar-refractivity contribution >= 4 is 27.3 Å². The van der Waals surface area contributed by atoms with Gasteiger partial charge < -0.3 is 5.11 Å². The van der Waals surface area contributed by atoms with Gasteiger partial charge in [0.05, 0.1) is 12.1 Å². The number of thiazole rings is 1. The molecule has 0 aliphatic carbocycles. The van der Waals surface area contributed by atoms with Crippen LogP contribution in [0.5, 0.6) is 0 Å². The van der Waals surface area contributed by atoms with Crippen molar-refractivity contribution < 1.29 is 5.11 Å². The highest BCUT2D eigenvalue weighted by molar-refractivity contribution is 9.10. The summed E-state index contributed by atoms with van der Waals surface area (Å²) in [5.74, 6) is 0.135. The fourth-order valence-corrected chi connectivity index (χ4v) is 2.95. The van der Waals surface area contributed by atoms with E-state index >= 15 is 0 Å². The molecule has 0 fully saturated rings. The fourth-order valence-electron chi connectivity index (χ4n) is 1.66. The summed E-state index contributed by atoms with van der Waals surface area (Å²) in [6, 6.07) is 8.03. The van der Waals surface area contributed by atoms with Gasteiger partial charge in [0, 0.05) is 21.5 Å². The molecule has 1 N–H and O–H groups in total. The van der Waals surface area contributed by atoms with E-state index in [1.54, 1.807) is 11.3 Å². The Morgan fingerprint density at radius 1 is 1.38 bits per heavy atom. The second-order valence-electron chi connectivity index (χ2n) is 3.57. The Morgan fingerprint density at radius 3 is 2.81 bits per heavy atom. The van der Waals surface area contributed by atoms with E-state index in [9.17, 15) is 5.11 Å². The summed E-state index contributed by atoms with van der Waals surface area (Å²) >= 11 is 5.15. The summed E-state index contributed by atoms with van der Waals surface area (Å²) in [5.41, 5.74) is 2.97. The first-order valence-corrected chi connectivity index (χ1v) is 6.71. The van der Waals surface area contributed by atoms with Gasteiger partial charge in [0.2, 0.25) is 0 Å². The monoisotopic (exact) mass is 297 g/mol. The van der Waals surface area contributed by atoms with E-state index in [1.165, 1.54) is 4.88 Å². The molecule has 1 atom stereocenters. The lowest BCUT2D eigenvalue weighted by molar-refractivity contribution is 0.264. The molecular formula is C12H12BrNOS. The lowest BCUT2D eigenvalue weighted by Gasteiger charge is -2.14. The van der Waals surface area contributed by atoms with Crippen molar-refractivity contribution in [3.05, 3.63) is 50.9 Å². The molecule has 1 unspecified atom stereocenters. The smallest absolute Gasteiger partial charge is 0.0794 e. The first-order chi connectivity index (χ1) is 7.81. The van der Waals surface area contributed by atoms with Crippen LogP contribution in [0.1, 0.15) is 16.4 Å². The van der Waals surface area contributed by atoms with Crippen molar-refractivity contribution in [2.75, 3.05) is 6.61 Å². The van der Waals surface area contributed by atoms with Crippen LogP contribution >= 0.6 is 27.3 Å². The largest absolute Gasteiger partial charge is 0.396 e. The third-order valence-corrected chi connectivity index (χ3v) is 4.02. The van der Waals surface area contributed by atoms with Gasteiger partial charge in [-0.1, -0.05) is 34.1 Å². The molecular weight excluding hydrogens is 286 g/mol. The second kappa shape index (κ2) is 5.57. The molecule has 0 spiro atoms. The number of aliphatic hydroxyl groups excluding tert-OH is 1. The van der Waals surface area contributed by atoms with Crippen LogP contribution in [0, 0.1) is 0 Å². The van der Waals surface area contributed by atoms with Crippen LogP contribution in [0.15, 0.2) is 40.4 Å². The minimum absolute atomic E-state index is 0.135. The minimum atomic E-state index is 0.135. The van der Waals surface area contributed by atoms with Gasteiger partial charge in [0.15, 0.2) is 0 Å². The summed E-state index contributed by atoms with van der Waals surface area (Å²) in [6.45, 7) is 0.153. The molecule has 0 saturated heterocycles. The molecule has 1 aromatic carbocycles. The summed E-state index contributed by atoms with van der Waals surface area (Å²) in [7, 11) is 0. The Morgan fingerprint density at radius 2 is 2.19 bits per heavy atom. The van der Waals surface area contributed by atoms with Gasteiger partial charge in [0.1, 0.15) is 0 Å². The maximum atomic E-state index is 9.47. The molecule has 0 bridgehead atoms. The highest BCUT2D eigenvalue weighted by Gasteiger charge is 2.14. The predicted molar refractivity (Wildman–Crippen MR) is 69.8 cm³/mol. The zero-order valence-electron chi connectivity index (χ0n) is 8.64. The summed E-state index contributed by atoms with van der Waals surface area (Å²) in [5, 5.41) is 9.47. The lowest BCUT2D eigenvalue weighted by atomic mass is 9.96. The molecule has 16 heavy (non-hydrogen) atoms. The van der Waals surface area contributed by atoms with E-state index in [4.69, 9.17) is 0 Å². The third kappa shape index (κ3) is 2.70. The van der Waals surface area contributed by atoms with Crippen molar-refractivity contribution in [1.82, 2.24) is 4.98 Å². The number of rotatable bonds is 4. The Balaban J connectivity index is 2.20. The average molecular weight is 298 g/mol. The van der Waals surface area contributed by atoms with E-state index in [-0.39, 0.29) is 12.5 Å². The molecule has 84 valence electrons. The number of nitrogens with zero attached hydrogens (tertiary/aromatic N) is 1. The standard InChI is InChI=1S/C12H12BrNOS/c13-12-4-2-1-3-11(12)9(7-15)5-10-6-14-8-16-10/h1-4,6,8-9,15H,5,7H2. The maximum absolute atomic E-state index is 9.47. The van der Waals surface area contributed by atoms with Crippen LogP contribution in [0.25, 0.3) is 0 Å². The molecule has 2 rings (SSSR count). The van der Waals surface area contributed by atoms with E-state index in [1.807, 2.05) is 36.0 Å². The van der Waals surface area contributed by atoms with Gasteiger partial charge in [-0.2, -0.15) is 0 Å². The third-order valence-electron chi connectivity index (χ3n) is 2.50. The first-order valence-electron chi connectivity index (χ1n) is 5.04. The van der Waals surface area contributed by atoms with Gasteiger partial charge in [-0.3, -0.25) is 4.98 Å². The normalized spacial score (nSPS) is 12.6. The zero-order chi connectivity index (χ0) is 11.4. The number of aromatic nitrogens is 1. The van der Waals surface area contributed by atoms with Gasteiger partial charge in [-0.25, -0.2) is 0 Å². The van der Waals surface area contributed by atoms with Crippen LogP contribution in [-0.4, -0.2) is 16.7 Å². The van der Waals surface area contributed by atoms with Crippen molar-refractivity contribution in [3.8, 4) is 0 Å². The lowest BCUT2D eigenvalue weighted by Crippen LogP contribution is -2.07. The highest BCUT2D eigenvalue weighted by atomic mass is 79.9. The summed E-state index contributed by atoms with van der Waals surface area (Å²) in [4.78, 5) is 5.25. The van der Waals surface area contributed by atoms with Gasteiger partial charge in [-0.05, 0) is 18.1 Å². The highest BCUT2D eigenvalue weighted by Crippen LogP contribution is 2.28. The first kappa shape index (κ1) is 11.8. The zero-order valence-corrected chi connectivity index (χ0v) is 11.0. The van der Waals surface area contributed by atoms with Crippen molar-refractivity contribution in [1.29, 1.82) is 0 Å². The molecule has 1 aromatic heterocycles. The second-order valence-corrected chi connectivity index (χ2v) is 5.40. The molecule has 0 aliphatic rings. The average Bonchev–Trinajstić information content (AvgIpc) is 2.80. The number of benzene rings is 1. The molecule has 2 aromatic rings. The SMILES string of the molecule is OCC(Cc1cncs1)c1ccccc1Br. The predicted octanol–water partition coefficient (Wildman–Crippen LogP) is 3.22. The van der Waals surface area contributed by atoms with Crippen molar-refractivity contribution in [2.45, 2.75) is 12.3 Å². The Hall–Kier alpha value is -0.710. The topological polar surface area (TPSA) is 33.1 Å². The van der Waals surface area contributed by atoms with Crippen LogP contribution in [0.2, 0.25) is 0 Å². The number of halogens is 1. The van der Waals surface area contributed by atoms with Crippen molar-refractivity contribution in [2.24, 2.45) is 0 Å². The molecule has 0 aliphatic heterocycles. The van der Waals surface area contributed by atoms with E-state index in [0.717, 1.165) is 16.5 Å². The van der Waals surface area contributed by atoms with Crippen LogP contribution in [-0.2, 0) is 6.42 Å². The van der Waals surface area contributed by atoms with E-state index in [0.29, 0.717) is 0 Å². The molecule has 1 heterocycles. The van der Waals surface area contributed by atoms with Crippen LogP contribution < -0.4 is 0 Å². The van der Waals surface area contributed by atoms with E-state index in [2.05, 4.69) is 20.9 Å². The fraction of sp³-hybridized carbons (Fsp3) is 0.250. The quantitative estimate of drug-likeness (QED) is 0.940. The van der Waals surface area contributed by atoms with E-state index < -0.39 is 0 Å². The van der Waals surface area contributed by atoms with Crippen molar-refractivity contribution in [3.63, 3.8) is 0 Å². The van der Waals surface area contributed by atoms with Gasteiger partial charge >= 0.3 is 0 Å². The summed E-state index contributed by atoms with van der Waals surface area (Å²) < 4.78 is 1.05. The van der Waals surface area contributed by atoms with Crippen LogP contribution in [0.4, 0.5) is 0 Å². The maximum Gasteiger partial charge on any atom is 0.0794 e. The number of hydrogen-bond donors (Lipinski definition) is 1. The Bertz CT molecular complexity index is 444.